The van der Waals surface area contributed by atoms with Gasteiger partial charge in [-0.05, 0) is 29.5 Å². The van der Waals surface area contributed by atoms with Crippen LogP contribution in [0.5, 0.6) is 0 Å². The number of aliphatic hydroxyl groups excluding tert-OH is 1. The monoisotopic (exact) mass is 325 g/mol. The van der Waals surface area contributed by atoms with Crippen molar-refractivity contribution in [1.29, 1.82) is 0 Å². The Bertz CT molecular complexity index is 629. The normalized spacial score (nSPS) is 17.2. The highest BCUT2D eigenvalue weighted by Gasteiger charge is 2.19. The summed E-state index contributed by atoms with van der Waals surface area (Å²) in [5.74, 6) is 0. The first-order chi connectivity index (χ1) is 11.8. The summed E-state index contributed by atoms with van der Waals surface area (Å²) < 4.78 is 5.97. The van der Waals surface area contributed by atoms with Crippen molar-refractivity contribution in [2.24, 2.45) is 0 Å². The Balaban J connectivity index is 1.48. The van der Waals surface area contributed by atoms with Gasteiger partial charge in [-0.3, -0.25) is 4.90 Å². The van der Waals surface area contributed by atoms with Crippen LogP contribution in [0.15, 0.2) is 54.6 Å². The number of ether oxygens (including phenoxy) is 1. The number of hydrogen-bond acceptors (Lipinski definition) is 3. The first-order valence-corrected chi connectivity index (χ1v) is 8.90. The summed E-state index contributed by atoms with van der Waals surface area (Å²) in [6.07, 6.45) is 1.58. The maximum atomic E-state index is 10.4. The fourth-order valence-electron chi connectivity index (χ4n) is 3.41. The average molecular weight is 325 g/mol. The van der Waals surface area contributed by atoms with Crippen molar-refractivity contribution in [3.05, 3.63) is 71.3 Å². The summed E-state index contributed by atoms with van der Waals surface area (Å²) in [7, 11) is 0. The van der Waals surface area contributed by atoms with Crippen molar-refractivity contribution in [2.45, 2.75) is 38.5 Å². The number of hydrogen-bond donors (Lipinski definition) is 1. The van der Waals surface area contributed by atoms with Crippen molar-refractivity contribution in [3.8, 4) is 0 Å². The van der Waals surface area contributed by atoms with Gasteiger partial charge in [0, 0.05) is 19.6 Å². The number of benzene rings is 2. The fourth-order valence-corrected chi connectivity index (χ4v) is 3.41. The highest BCUT2D eigenvalue weighted by molar-refractivity contribution is 5.29. The minimum Gasteiger partial charge on any atom is -0.389 e. The van der Waals surface area contributed by atoms with Crippen LogP contribution in [0.3, 0.4) is 0 Å². The van der Waals surface area contributed by atoms with Crippen LogP contribution in [0.2, 0.25) is 0 Å². The van der Waals surface area contributed by atoms with Crippen LogP contribution in [-0.4, -0.2) is 35.8 Å². The van der Waals surface area contributed by atoms with E-state index in [-0.39, 0.29) is 6.10 Å². The third-order valence-electron chi connectivity index (χ3n) is 4.71. The molecule has 0 radical (unpaired) electrons. The van der Waals surface area contributed by atoms with Crippen molar-refractivity contribution in [3.63, 3.8) is 0 Å². The van der Waals surface area contributed by atoms with E-state index in [0.717, 1.165) is 25.9 Å². The van der Waals surface area contributed by atoms with Crippen molar-refractivity contribution >= 4 is 0 Å². The third-order valence-corrected chi connectivity index (χ3v) is 4.71. The largest absolute Gasteiger partial charge is 0.389 e. The second-order valence-corrected chi connectivity index (χ2v) is 6.55. The molecule has 0 bridgehead atoms. The van der Waals surface area contributed by atoms with E-state index >= 15 is 0 Å². The Labute approximate surface area is 144 Å². The molecular weight excluding hydrogens is 298 g/mol. The fraction of sp³-hybridized carbons (Fsp3) is 0.429. The maximum Gasteiger partial charge on any atom is 0.0900 e. The van der Waals surface area contributed by atoms with E-state index in [0.29, 0.717) is 13.2 Å². The third kappa shape index (κ3) is 4.44. The van der Waals surface area contributed by atoms with Crippen molar-refractivity contribution < 1.29 is 9.84 Å². The molecule has 1 N–H and O–H groups in total. The zero-order chi connectivity index (χ0) is 16.8. The molecule has 0 spiro atoms. The van der Waals surface area contributed by atoms with Gasteiger partial charge in [0.05, 0.1) is 18.8 Å². The molecule has 0 amide bonds. The molecule has 128 valence electrons. The number of rotatable bonds is 7. The lowest BCUT2D eigenvalue weighted by molar-refractivity contribution is -0.0249. The summed E-state index contributed by atoms with van der Waals surface area (Å²) in [6.45, 7) is 5.09. The summed E-state index contributed by atoms with van der Waals surface area (Å²) in [4.78, 5) is 2.32. The van der Waals surface area contributed by atoms with Crippen LogP contribution >= 0.6 is 0 Å². The topological polar surface area (TPSA) is 32.7 Å². The van der Waals surface area contributed by atoms with Crippen LogP contribution in [0.4, 0.5) is 0 Å². The maximum absolute atomic E-state index is 10.4. The Hall–Kier alpha value is -1.68. The number of β-amino-alcohol motifs (C(OH)–C–C–N with tert-alkyl or cyclic N) is 1. The number of aliphatic hydroxyl groups is 1. The van der Waals surface area contributed by atoms with E-state index in [4.69, 9.17) is 4.74 Å². The first-order valence-electron chi connectivity index (χ1n) is 8.90. The van der Waals surface area contributed by atoms with Gasteiger partial charge in [-0.25, -0.2) is 0 Å². The molecule has 0 aliphatic carbocycles. The van der Waals surface area contributed by atoms with Gasteiger partial charge in [-0.15, -0.1) is 0 Å². The van der Waals surface area contributed by atoms with Gasteiger partial charge in [-0.1, -0.05) is 61.5 Å². The van der Waals surface area contributed by atoms with Crippen LogP contribution < -0.4 is 0 Å². The molecular formula is C21H27NO2. The number of fused-ring (bicyclic) bond motifs is 1. The van der Waals surface area contributed by atoms with Crippen LogP contribution in [-0.2, 0) is 17.7 Å². The minimum absolute atomic E-state index is 0.0583. The lowest BCUT2D eigenvalue weighted by Crippen LogP contribution is -2.38. The standard InChI is InChI=1S/C21H27NO2/c1-2-21(18-9-4-3-5-10-18)24-16-20(23)15-22-13-12-17-8-6-7-11-19(17)14-22/h3-11,20-21,23H,2,12-16H2,1H3/t20-,21-/m0/s1. The van der Waals surface area contributed by atoms with E-state index < -0.39 is 6.10 Å². The summed E-state index contributed by atoms with van der Waals surface area (Å²) in [6, 6.07) is 18.8. The van der Waals surface area contributed by atoms with Gasteiger partial charge in [-0.2, -0.15) is 0 Å². The quantitative estimate of drug-likeness (QED) is 0.845. The van der Waals surface area contributed by atoms with Gasteiger partial charge < -0.3 is 9.84 Å². The summed E-state index contributed by atoms with van der Waals surface area (Å²) in [5, 5.41) is 10.4. The van der Waals surface area contributed by atoms with Crippen molar-refractivity contribution in [1.82, 2.24) is 4.90 Å². The van der Waals surface area contributed by atoms with E-state index in [1.807, 2.05) is 18.2 Å². The smallest absolute Gasteiger partial charge is 0.0900 e. The molecule has 0 saturated carbocycles. The molecule has 0 aromatic heterocycles. The summed E-state index contributed by atoms with van der Waals surface area (Å²) in [5.41, 5.74) is 4.00. The lowest BCUT2D eigenvalue weighted by Gasteiger charge is -2.30. The Morgan fingerprint density at radius 3 is 2.50 bits per heavy atom. The van der Waals surface area contributed by atoms with E-state index in [2.05, 4.69) is 48.2 Å². The van der Waals surface area contributed by atoms with Crippen LogP contribution in [0.1, 0.15) is 36.1 Å². The molecule has 1 aliphatic rings. The molecule has 0 saturated heterocycles. The minimum atomic E-state index is -0.451. The number of nitrogens with zero attached hydrogens (tertiary/aromatic N) is 1. The molecule has 3 nitrogen and oxygen atoms in total. The molecule has 2 aromatic rings. The van der Waals surface area contributed by atoms with E-state index in [9.17, 15) is 5.11 Å². The molecule has 0 unspecified atom stereocenters. The van der Waals surface area contributed by atoms with Gasteiger partial charge in [0.1, 0.15) is 0 Å². The zero-order valence-corrected chi connectivity index (χ0v) is 14.4. The molecule has 3 rings (SSSR count). The Morgan fingerprint density at radius 1 is 1.04 bits per heavy atom. The Kier molecular flexibility index (Phi) is 6.02. The summed E-state index contributed by atoms with van der Waals surface area (Å²) >= 11 is 0. The average Bonchev–Trinajstić information content (AvgIpc) is 2.63. The second kappa shape index (κ2) is 8.43. The molecule has 1 aliphatic heterocycles. The highest BCUT2D eigenvalue weighted by atomic mass is 16.5. The molecule has 0 fully saturated rings. The SMILES string of the molecule is CC[C@H](OC[C@@H](O)CN1CCc2ccccc2C1)c1ccccc1. The predicted octanol–water partition coefficient (Wildman–Crippen LogP) is 3.57. The van der Waals surface area contributed by atoms with E-state index in [1.54, 1.807) is 0 Å². The van der Waals surface area contributed by atoms with E-state index in [1.165, 1.54) is 16.7 Å². The molecule has 1 heterocycles. The molecule has 3 heteroatoms. The predicted molar refractivity (Wildman–Crippen MR) is 96.9 cm³/mol. The van der Waals surface area contributed by atoms with Crippen LogP contribution in [0, 0.1) is 0 Å². The first kappa shape index (κ1) is 17.2. The lowest BCUT2D eigenvalue weighted by atomic mass is 10.00. The van der Waals surface area contributed by atoms with Gasteiger partial charge >= 0.3 is 0 Å². The molecule has 2 atom stereocenters. The van der Waals surface area contributed by atoms with Crippen molar-refractivity contribution in [2.75, 3.05) is 19.7 Å². The van der Waals surface area contributed by atoms with Gasteiger partial charge in [0.2, 0.25) is 0 Å². The zero-order valence-electron chi connectivity index (χ0n) is 14.4. The van der Waals surface area contributed by atoms with Gasteiger partial charge in [0.15, 0.2) is 0 Å². The second-order valence-electron chi connectivity index (χ2n) is 6.55. The molecule has 2 aromatic carbocycles. The van der Waals surface area contributed by atoms with Gasteiger partial charge in [0.25, 0.3) is 0 Å². The highest BCUT2D eigenvalue weighted by Crippen LogP contribution is 2.22. The molecule has 24 heavy (non-hydrogen) atoms. The van der Waals surface area contributed by atoms with Crippen LogP contribution in [0.25, 0.3) is 0 Å². The Morgan fingerprint density at radius 2 is 1.75 bits per heavy atom.